The first-order valence-electron chi connectivity index (χ1n) is 22.1. The Bertz CT molecular complexity index is 980. The molecule has 0 aliphatic heterocycles. The highest BCUT2D eigenvalue weighted by molar-refractivity contribution is 7.47. The number of allylic oxidation sites excluding steroid dienone is 4. The molecule has 318 valence electrons. The molecule has 9 nitrogen and oxygen atoms in total. The van der Waals surface area contributed by atoms with Gasteiger partial charge < -0.3 is 18.9 Å². The van der Waals surface area contributed by atoms with Gasteiger partial charge in [-0.1, -0.05) is 141 Å². The van der Waals surface area contributed by atoms with Crippen LogP contribution in [0.3, 0.4) is 0 Å². The molecule has 0 aliphatic carbocycles. The molecular weight excluding hydrogens is 701 g/mol. The second kappa shape index (κ2) is 37.1. The molecule has 0 aromatic carbocycles. The second-order valence-electron chi connectivity index (χ2n) is 16.1. The highest BCUT2D eigenvalue weighted by Crippen LogP contribution is 2.43. The lowest BCUT2D eigenvalue weighted by atomic mass is 10.1. The number of quaternary nitrogens is 1. The molecular formula is C44H85NO8P+. The summed E-state index contributed by atoms with van der Waals surface area (Å²) in [4.78, 5) is 35.3. The summed E-state index contributed by atoms with van der Waals surface area (Å²) in [6, 6.07) is 0. The maximum absolute atomic E-state index is 12.7. The number of esters is 2. The van der Waals surface area contributed by atoms with Crippen molar-refractivity contribution in [1.29, 1.82) is 0 Å². The smallest absolute Gasteiger partial charge is 0.462 e. The van der Waals surface area contributed by atoms with Gasteiger partial charge in [0.2, 0.25) is 0 Å². The summed E-state index contributed by atoms with van der Waals surface area (Å²) in [6.07, 6.45) is 39.3. The molecule has 0 aliphatic rings. The van der Waals surface area contributed by atoms with Gasteiger partial charge in [-0.05, 0) is 64.2 Å². The zero-order valence-electron chi connectivity index (χ0n) is 35.7. The summed E-state index contributed by atoms with van der Waals surface area (Å²) >= 11 is 0. The van der Waals surface area contributed by atoms with E-state index in [9.17, 15) is 19.0 Å². The van der Waals surface area contributed by atoms with E-state index in [1.165, 1.54) is 116 Å². The number of hydrogen-bond acceptors (Lipinski definition) is 7. The van der Waals surface area contributed by atoms with E-state index in [-0.39, 0.29) is 32.0 Å². The van der Waals surface area contributed by atoms with Crippen molar-refractivity contribution < 1.29 is 42.1 Å². The van der Waals surface area contributed by atoms with Crippen molar-refractivity contribution in [3.63, 3.8) is 0 Å². The van der Waals surface area contributed by atoms with Gasteiger partial charge >= 0.3 is 19.8 Å². The maximum atomic E-state index is 12.7. The van der Waals surface area contributed by atoms with Crippen molar-refractivity contribution in [3.05, 3.63) is 24.3 Å². The molecule has 0 heterocycles. The van der Waals surface area contributed by atoms with Crippen LogP contribution < -0.4 is 0 Å². The number of carbonyl (C=O) groups excluding carboxylic acids is 2. The van der Waals surface area contributed by atoms with Gasteiger partial charge in [-0.25, -0.2) is 4.57 Å². The van der Waals surface area contributed by atoms with Crippen LogP contribution in [0.1, 0.15) is 194 Å². The first-order valence-corrected chi connectivity index (χ1v) is 23.6. The van der Waals surface area contributed by atoms with Gasteiger partial charge in [0.05, 0.1) is 27.7 Å². The van der Waals surface area contributed by atoms with Crippen LogP contribution in [0, 0.1) is 0 Å². The fourth-order valence-corrected chi connectivity index (χ4v) is 6.69. The number of ether oxygens (including phenoxy) is 2. The summed E-state index contributed by atoms with van der Waals surface area (Å²) < 4.78 is 34.3. The quantitative estimate of drug-likeness (QED) is 0.0215. The topological polar surface area (TPSA) is 108 Å². The number of likely N-dealkylation sites (N-methyl/N-ethyl adjacent to an activating group) is 1. The monoisotopic (exact) mass is 787 g/mol. The molecule has 0 aromatic heterocycles. The lowest BCUT2D eigenvalue weighted by Crippen LogP contribution is -2.37. The van der Waals surface area contributed by atoms with Gasteiger partial charge in [-0.2, -0.15) is 0 Å². The summed E-state index contributed by atoms with van der Waals surface area (Å²) in [5.41, 5.74) is 0. The predicted octanol–water partition coefficient (Wildman–Crippen LogP) is 12.4. The molecule has 0 bridgehead atoms. The van der Waals surface area contributed by atoms with Crippen LogP contribution >= 0.6 is 7.82 Å². The number of rotatable bonds is 40. The molecule has 10 heteroatoms. The van der Waals surface area contributed by atoms with Gasteiger partial charge in [-0.15, -0.1) is 0 Å². The van der Waals surface area contributed by atoms with E-state index in [4.69, 9.17) is 18.5 Å². The minimum absolute atomic E-state index is 0.0313. The predicted molar refractivity (Wildman–Crippen MR) is 224 cm³/mol. The average Bonchev–Trinajstić information content (AvgIpc) is 3.12. The number of hydrogen-bond donors (Lipinski definition) is 1. The number of unbranched alkanes of at least 4 members (excludes halogenated alkanes) is 22. The summed E-state index contributed by atoms with van der Waals surface area (Å²) in [6.45, 7) is 4.39. The van der Waals surface area contributed by atoms with E-state index in [0.717, 1.165) is 44.9 Å². The van der Waals surface area contributed by atoms with Crippen LogP contribution in [-0.2, 0) is 32.7 Å². The molecule has 0 saturated heterocycles. The Morgan fingerprint density at radius 2 is 0.944 bits per heavy atom. The zero-order chi connectivity index (χ0) is 40.0. The van der Waals surface area contributed by atoms with Gasteiger partial charge in [-0.3, -0.25) is 18.6 Å². The van der Waals surface area contributed by atoms with E-state index < -0.39 is 26.5 Å². The van der Waals surface area contributed by atoms with Crippen molar-refractivity contribution in [3.8, 4) is 0 Å². The van der Waals surface area contributed by atoms with Crippen molar-refractivity contribution >= 4 is 19.8 Å². The highest BCUT2D eigenvalue weighted by Gasteiger charge is 2.27. The van der Waals surface area contributed by atoms with Crippen molar-refractivity contribution in [1.82, 2.24) is 0 Å². The third-order valence-corrected chi connectivity index (χ3v) is 10.4. The molecule has 0 amide bonds. The summed E-state index contributed by atoms with van der Waals surface area (Å²) in [5.74, 6) is -0.805. The molecule has 54 heavy (non-hydrogen) atoms. The Balaban J connectivity index is 4.36. The number of phosphoric ester groups is 1. The SMILES string of the molecule is CCCCCC/C=C/CCCCCCCCCC(=O)OCC(COP(=O)(O)OCC[N+](C)(C)C)OC(=O)CCCCCCCCC/C=C/CCCCCC. The minimum atomic E-state index is -4.37. The Kier molecular flexibility index (Phi) is 36.1. The van der Waals surface area contributed by atoms with E-state index >= 15 is 0 Å². The fourth-order valence-electron chi connectivity index (χ4n) is 5.94. The van der Waals surface area contributed by atoms with Crippen LogP contribution in [0.2, 0.25) is 0 Å². The summed E-state index contributed by atoms with van der Waals surface area (Å²) in [7, 11) is 1.47. The van der Waals surface area contributed by atoms with Crippen molar-refractivity contribution in [2.75, 3.05) is 47.5 Å². The van der Waals surface area contributed by atoms with E-state index in [1.54, 1.807) is 0 Å². The molecule has 2 unspecified atom stereocenters. The van der Waals surface area contributed by atoms with Gasteiger partial charge in [0.25, 0.3) is 0 Å². The van der Waals surface area contributed by atoms with Gasteiger partial charge in [0, 0.05) is 12.8 Å². The third kappa shape index (κ3) is 40.2. The second-order valence-corrected chi connectivity index (χ2v) is 17.5. The number of nitrogens with zero attached hydrogens (tertiary/aromatic N) is 1. The van der Waals surface area contributed by atoms with Crippen LogP contribution in [-0.4, -0.2) is 74.9 Å². The van der Waals surface area contributed by atoms with E-state index in [0.29, 0.717) is 17.4 Å². The Hall–Kier alpha value is -1.51. The zero-order valence-corrected chi connectivity index (χ0v) is 36.6. The van der Waals surface area contributed by atoms with Crippen LogP contribution in [0.15, 0.2) is 24.3 Å². The number of carbonyl (C=O) groups is 2. The molecule has 2 atom stereocenters. The van der Waals surface area contributed by atoms with Crippen LogP contribution in [0.25, 0.3) is 0 Å². The first kappa shape index (κ1) is 52.5. The minimum Gasteiger partial charge on any atom is -0.462 e. The van der Waals surface area contributed by atoms with E-state index in [2.05, 4.69) is 38.2 Å². The highest BCUT2D eigenvalue weighted by atomic mass is 31.2. The van der Waals surface area contributed by atoms with Crippen molar-refractivity contribution in [2.24, 2.45) is 0 Å². The molecule has 0 aromatic rings. The lowest BCUT2D eigenvalue weighted by Gasteiger charge is -2.24. The van der Waals surface area contributed by atoms with Crippen LogP contribution in [0.4, 0.5) is 0 Å². The third-order valence-electron chi connectivity index (χ3n) is 9.45. The molecule has 0 radical (unpaired) electrons. The average molecular weight is 787 g/mol. The van der Waals surface area contributed by atoms with Crippen molar-refractivity contribution in [2.45, 2.75) is 200 Å². The lowest BCUT2D eigenvalue weighted by molar-refractivity contribution is -0.870. The molecule has 0 spiro atoms. The molecule has 1 N–H and O–H groups in total. The molecule has 0 rings (SSSR count). The van der Waals surface area contributed by atoms with Gasteiger partial charge in [0.15, 0.2) is 6.10 Å². The van der Waals surface area contributed by atoms with E-state index in [1.807, 2.05) is 21.1 Å². The fraction of sp³-hybridized carbons (Fsp3) is 0.864. The van der Waals surface area contributed by atoms with Crippen LogP contribution in [0.5, 0.6) is 0 Å². The first-order chi connectivity index (χ1) is 26.0. The number of phosphoric acid groups is 1. The Labute approximate surface area is 332 Å². The largest absolute Gasteiger partial charge is 0.472 e. The summed E-state index contributed by atoms with van der Waals surface area (Å²) in [5, 5.41) is 0. The standard InChI is InChI=1S/C44H84NO8P/c1-6-8-10-12-14-16-18-20-22-24-26-28-30-32-34-36-43(46)50-40-42(41-52-54(48,49)51-39-38-45(3,4)5)53-44(47)37-35-33-31-29-27-25-23-21-19-17-15-13-11-9-7-2/h16-19,42H,6-15,20-41H2,1-5H3/p+1/b18-16+,19-17+. The Morgan fingerprint density at radius 3 is 1.37 bits per heavy atom. The Morgan fingerprint density at radius 1 is 0.556 bits per heavy atom. The van der Waals surface area contributed by atoms with Gasteiger partial charge in [0.1, 0.15) is 19.8 Å². The molecule has 0 saturated carbocycles. The normalized spacial score (nSPS) is 13.8. The maximum Gasteiger partial charge on any atom is 0.472 e. The molecule has 0 fully saturated rings.